The van der Waals surface area contributed by atoms with Gasteiger partial charge in [-0.05, 0) is 30.7 Å². The van der Waals surface area contributed by atoms with Gasteiger partial charge in [-0.2, -0.15) is 11.8 Å². The SMILES string of the molecule is Nc1ncccc1NCC1CCCCS1. The van der Waals surface area contributed by atoms with E-state index in [9.17, 15) is 0 Å². The minimum Gasteiger partial charge on any atom is -0.382 e. The number of rotatable bonds is 3. The molecule has 0 saturated carbocycles. The van der Waals surface area contributed by atoms with E-state index in [1.165, 1.54) is 25.0 Å². The molecule has 3 nitrogen and oxygen atoms in total. The Morgan fingerprint density at radius 2 is 2.47 bits per heavy atom. The van der Waals surface area contributed by atoms with Crippen LogP contribution in [0, 0.1) is 0 Å². The predicted octanol–water partition coefficient (Wildman–Crippen LogP) is 2.36. The third-order valence-corrected chi connectivity index (χ3v) is 4.03. The second-order valence-electron chi connectivity index (χ2n) is 3.81. The number of nitrogen functional groups attached to an aromatic ring is 1. The number of thioether (sulfide) groups is 1. The van der Waals surface area contributed by atoms with Gasteiger partial charge in [0.1, 0.15) is 5.82 Å². The van der Waals surface area contributed by atoms with Gasteiger partial charge in [0.25, 0.3) is 0 Å². The lowest BCUT2D eigenvalue weighted by molar-refractivity contribution is 0.677. The van der Waals surface area contributed by atoms with E-state index >= 15 is 0 Å². The Bertz CT molecular complexity index is 310. The molecule has 0 bridgehead atoms. The highest BCUT2D eigenvalue weighted by atomic mass is 32.2. The molecular weight excluding hydrogens is 206 g/mol. The van der Waals surface area contributed by atoms with Gasteiger partial charge in [-0.25, -0.2) is 4.98 Å². The molecule has 82 valence electrons. The van der Waals surface area contributed by atoms with Crippen LogP contribution in [0.4, 0.5) is 11.5 Å². The molecule has 0 aromatic carbocycles. The first-order valence-electron chi connectivity index (χ1n) is 5.42. The monoisotopic (exact) mass is 223 g/mol. The van der Waals surface area contributed by atoms with Crippen LogP contribution in [0.3, 0.4) is 0 Å². The van der Waals surface area contributed by atoms with Gasteiger partial charge in [0.05, 0.1) is 5.69 Å². The number of anilines is 2. The van der Waals surface area contributed by atoms with E-state index in [-0.39, 0.29) is 0 Å². The topological polar surface area (TPSA) is 50.9 Å². The first-order valence-corrected chi connectivity index (χ1v) is 6.47. The van der Waals surface area contributed by atoms with Gasteiger partial charge in [-0.3, -0.25) is 0 Å². The van der Waals surface area contributed by atoms with Gasteiger partial charge in [-0.1, -0.05) is 6.42 Å². The molecule has 0 amide bonds. The van der Waals surface area contributed by atoms with Crippen LogP contribution >= 0.6 is 11.8 Å². The van der Waals surface area contributed by atoms with Crippen LogP contribution in [0.5, 0.6) is 0 Å². The maximum absolute atomic E-state index is 5.76. The fourth-order valence-electron chi connectivity index (χ4n) is 1.76. The van der Waals surface area contributed by atoms with Crippen LogP contribution in [0.25, 0.3) is 0 Å². The summed E-state index contributed by atoms with van der Waals surface area (Å²) in [5.41, 5.74) is 6.72. The molecule has 1 aromatic rings. The number of pyridine rings is 1. The molecule has 0 spiro atoms. The molecule has 1 fully saturated rings. The van der Waals surface area contributed by atoms with Crippen LogP contribution in [0.1, 0.15) is 19.3 Å². The molecular formula is C11H17N3S. The zero-order valence-corrected chi connectivity index (χ0v) is 9.59. The fourth-order valence-corrected chi connectivity index (χ4v) is 3.00. The average Bonchev–Trinajstić information content (AvgIpc) is 2.29. The van der Waals surface area contributed by atoms with Crippen molar-refractivity contribution >= 4 is 23.3 Å². The predicted molar refractivity (Wildman–Crippen MR) is 67.2 cm³/mol. The zero-order valence-electron chi connectivity index (χ0n) is 8.78. The van der Waals surface area contributed by atoms with E-state index in [1.54, 1.807) is 6.20 Å². The Kier molecular flexibility index (Phi) is 3.72. The highest BCUT2D eigenvalue weighted by Gasteiger charge is 2.13. The number of nitrogens with two attached hydrogens (primary N) is 1. The molecule has 1 aromatic heterocycles. The molecule has 1 saturated heterocycles. The largest absolute Gasteiger partial charge is 0.382 e. The highest BCUT2D eigenvalue weighted by molar-refractivity contribution is 7.99. The molecule has 4 heteroatoms. The summed E-state index contributed by atoms with van der Waals surface area (Å²) in [5, 5.41) is 4.11. The summed E-state index contributed by atoms with van der Waals surface area (Å²) in [7, 11) is 0. The molecule has 1 atom stereocenters. The van der Waals surface area contributed by atoms with Crippen molar-refractivity contribution in [2.24, 2.45) is 0 Å². The quantitative estimate of drug-likeness (QED) is 0.826. The minimum atomic E-state index is 0.596. The molecule has 2 rings (SSSR count). The normalized spacial score (nSPS) is 21.2. The minimum absolute atomic E-state index is 0.596. The maximum Gasteiger partial charge on any atom is 0.146 e. The molecule has 1 unspecified atom stereocenters. The van der Waals surface area contributed by atoms with Gasteiger partial charge < -0.3 is 11.1 Å². The lowest BCUT2D eigenvalue weighted by Gasteiger charge is -2.22. The summed E-state index contributed by atoms with van der Waals surface area (Å²) in [4.78, 5) is 4.05. The van der Waals surface area contributed by atoms with E-state index in [2.05, 4.69) is 22.1 Å². The Hall–Kier alpha value is -0.900. The number of aromatic nitrogens is 1. The van der Waals surface area contributed by atoms with Gasteiger partial charge in [0.15, 0.2) is 0 Å². The zero-order chi connectivity index (χ0) is 10.5. The Morgan fingerprint density at radius 1 is 1.53 bits per heavy atom. The smallest absolute Gasteiger partial charge is 0.146 e. The van der Waals surface area contributed by atoms with Crippen LogP contribution in [-0.4, -0.2) is 22.5 Å². The maximum atomic E-state index is 5.76. The Morgan fingerprint density at radius 3 is 3.20 bits per heavy atom. The highest BCUT2D eigenvalue weighted by Crippen LogP contribution is 2.25. The van der Waals surface area contributed by atoms with Gasteiger partial charge in [0, 0.05) is 18.0 Å². The summed E-state index contributed by atoms with van der Waals surface area (Å²) in [5.74, 6) is 1.90. The van der Waals surface area contributed by atoms with Crippen LogP contribution in [0.15, 0.2) is 18.3 Å². The first kappa shape index (κ1) is 10.6. The summed E-state index contributed by atoms with van der Waals surface area (Å²) in [6.45, 7) is 1.00. The van der Waals surface area contributed by atoms with E-state index in [0.29, 0.717) is 5.82 Å². The number of nitrogens with one attached hydrogen (secondary N) is 1. The molecule has 15 heavy (non-hydrogen) atoms. The van der Waals surface area contributed by atoms with Crippen LogP contribution in [-0.2, 0) is 0 Å². The number of hydrogen-bond acceptors (Lipinski definition) is 4. The second kappa shape index (κ2) is 5.26. The van der Waals surface area contributed by atoms with Crippen molar-refractivity contribution in [1.82, 2.24) is 4.98 Å². The first-order chi connectivity index (χ1) is 7.36. The van der Waals surface area contributed by atoms with E-state index < -0.39 is 0 Å². The summed E-state index contributed by atoms with van der Waals surface area (Å²) >= 11 is 2.06. The van der Waals surface area contributed by atoms with Crippen molar-refractivity contribution in [1.29, 1.82) is 0 Å². The second-order valence-corrected chi connectivity index (χ2v) is 5.21. The number of nitrogens with zero attached hydrogens (tertiary/aromatic N) is 1. The van der Waals surface area contributed by atoms with Crippen molar-refractivity contribution in [3.63, 3.8) is 0 Å². The standard InChI is InChI=1S/C11H17N3S/c12-11-10(5-3-6-13-11)14-8-9-4-1-2-7-15-9/h3,5-6,9,14H,1-2,4,7-8H2,(H2,12,13). The third kappa shape index (κ3) is 3.02. The summed E-state index contributed by atoms with van der Waals surface area (Å²) in [6.07, 6.45) is 5.77. The molecule has 1 aliphatic rings. The molecule has 2 heterocycles. The fraction of sp³-hybridized carbons (Fsp3) is 0.545. The van der Waals surface area contributed by atoms with Crippen molar-refractivity contribution in [3.8, 4) is 0 Å². The lowest BCUT2D eigenvalue weighted by Crippen LogP contribution is -2.20. The Balaban J connectivity index is 1.84. The van der Waals surface area contributed by atoms with Crippen molar-refractivity contribution in [2.75, 3.05) is 23.3 Å². The molecule has 1 aliphatic heterocycles. The Labute approximate surface area is 94.8 Å². The van der Waals surface area contributed by atoms with Crippen molar-refractivity contribution in [3.05, 3.63) is 18.3 Å². The number of hydrogen-bond donors (Lipinski definition) is 2. The van der Waals surface area contributed by atoms with Crippen molar-refractivity contribution in [2.45, 2.75) is 24.5 Å². The average molecular weight is 223 g/mol. The van der Waals surface area contributed by atoms with Gasteiger partial charge >= 0.3 is 0 Å². The van der Waals surface area contributed by atoms with E-state index in [1.807, 2.05) is 12.1 Å². The molecule has 3 N–H and O–H groups in total. The van der Waals surface area contributed by atoms with E-state index in [4.69, 9.17) is 5.73 Å². The van der Waals surface area contributed by atoms with E-state index in [0.717, 1.165) is 17.5 Å². The van der Waals surface area contributed by atoms with Gasteiger partial charge in [0.2, 0.25) is 0 Å². The molecule has 0 radical (unpaired) electrons. The third-order valence-electron chi connectivity index (χ3n) is 2.63. The summed E-state index contributed by atoms with van der Waals surface area (Å²) < 4.78 is 0. The lowest BCUT2D eigenvalue weighted by atomic mass is 10.2. The van der Waals surface area contributed by atoms with Crippen molar-refractivity contribution < 1.29 is 0 Å². The molecule has 0 aliphatic carbocycles. The van der Waals surface area contributed by atoms with Crippen LogP contribution < -0.4 is 11.1 Å². The summed E-state index contributed by atoms with van der Waals surface area (Å²) in [6, 6.07) is 3.89. The van der Waals surface area contributed by atoms with Crippen LogP contribution in [0.2, 0.25) is 0 Å². The van der Waals surface area contributed by atoms with Gasteiger partial charge in [-0.15, -0.1) is 0 Å².